The zero-order valence-electron chi connectivity index (χ0n) is 12.4. The first-order valence-electron chi connectivity index (χ1n) is 7.46. The van der Waals surface area contributed by atoms with Gasteiger partial charge >= 0.3 is 0 Å². The Hall–Kier alpha value is -0.310. The summed E-state index contributed by atoms with van der Waals surface area (Å²) in [5.41, 5.74) is -1.12. The number of likely N-dealkylation sites (tertiary alicyclic amines) is 1. The minimum Gasteiger partial charge on any atom is -0.387 e. The highest BCUT2D eigenvalue weighted by Gasteiger charge is 2.43. The van der Waals surface area contributed by atoms with Gasteiger partial charge in [-0.2, -0.15) is 4.31 Å². The smallest absolute Gasteiger partial charge is 0.250 e. The van der Waals surface area contributed by atoms with Crippen molar-refractivity contribution in [2.45, 2.75) is 44.1 Å². The SMILES string of the molecule is CCCS(=O)(=O)N1CCC(O)(CN2CCC(F)(F)CC2)C1. The minimum atomic E-state index is -3.31. The van der Waals surface area contributed by atoms with E-state index in [-0.39, 0.29) is 44.8 Å². The lowest BCUT2D eigenvalue weighted by atomic mass is 10.00. The van der Waals surface area contributed by atoms with E-state index in [0.29, 0.717) is 19.4 Å². The number of hydrogen-bond donors (Lipinski definition) is 1. The van der Waals surface area contributed by atoms with Crippen LogP contribution in [0.25, 0.3) is 0 Å². The molecule has 2 fully saturated rings. The summed E-state index contributed by atoms with van der Waals surface area (Å²) in [5, 5.41) is 10.5. The summed E-state index contributed by atoms with van der Waals surface area (Å²) in [6.45, 7) is 2.94. The lowest BCUT2D eigenvalue weighted by Crippen LogP contribution is -2.49. The van der Waals surface area contributed by atoms with E-state index in [0.717, 1.165) is 0 Å². The summed E-state index contributed by atoms with van der Waals surface area (Å²) in [4.78, 5) is 1.81. The van der Waals surface area contributed by atoms with Gasteiger partial charge in [0.2, 0.25) is 10.0 Å². The molecule has 1 unspecified atom stereocenters. The van der Waals surface area contributed by atoms with Crippen molar-refractivity contribution in [3.8, 4) is 0 Å². The van der Waals surface area contributed by atoms with Gasteiger partial charge in [0, 0.05) is 45.6 Å². The first-order chi connectivity index (χ1) is 9.66. The third-order valence-electron chi connectivity index (χ3n) is 4.26. The van der Waals surface area contributed by atoms with Crippen LogP contribution < -0.4 is 0 Å². The zero-order chi connectivity index (χ0) is 15.7. The van der Waals surface area contributed by atoms with Crippen LogP contribution in [0.4, 0.5) is 8.78 Å². The van der Waals surface area contributed by atoms with Gasteiger partial charge in [-0.05, 0) is 12.8 Å². The number of halogens is 2. The molecule has 0 radical (unpaired) electrons. The predicted octanol–water partition coefficient (Wildman–Crippen LogP) is 0.894. The number of β-amino-alcohol motifs (C(OH)–C–C–N with tert-alkyl or cyclic N) is 1. The maximum absolute atomic E-state index is 13.1. The van der Waals surface area contributed by atoms with Gasteiger partial charge in [0.1, 0.15) is 0 Å². The van der Waals surface area contributed by atoms with E-state index in [1.54, 1.807) is 6.92 Å². The fraction of sp³-hybridized carbons (Fsp3) is 1.00. The second kappa shape index (κ2) is 6.06. The zero-order valence-corrected chi connectivity index (χ0v) is 13.2. The van der Waals surface area contributed by atoms with Crippen molar-refractivity contribution in [1.29, 1.82) is 0 Å². The molecule has 1 atom stereocenters. The summed E-state index contributed by atoms with van der Waals surface area (Å²) in [7, 11) is -3.31. The van der Waals surface area contributed by atoms with Crippen LogP contribution in [0.15, 0.2) is 0 Å². The standard InChI is InChI=1S/C13H24F2N2O3S/c1-2-9-21(19,20)17-8-3-12(18,11-17)10-16-6-4-13(14,15)5-7-16/h18H,2-11H2,1H3. The van der Waals surface area contributed by atoms with Gasteiger partial charge in [-0.15, -0.1) is 0 Å². The second-order valence-electron chi connectivity index (χ2n) is 6.26. The van der Waals surface area contributed by atoms with Crippen molar-refractivity contribution in [2.24, 2.45) is 0 Å². The van der Waals surface area contributed by atoms with E-state index < -0.39 is 21.5 Å². The topological polar surface area (TPSA) is 60.9 Å². The normalized spacial score (nSPS) is 31.6. The van der Waals surface area contributed by atoms with Crippen molar-refractivity contribution in [3.63, 3.8) is 0 Å². The molecule has 0 bridgehead atoms. The Morgan fingerprint density at radius 1 is 1.14 bits per heavy atom. The molecular weight excluding hydrogens is 302 g/mol. The van der Waals surface area contributed by atoms with E-state index in [9.17, 15) is 22.3 Å². The monoisotopic (exact) mass is 326 g/mol. The Balaban J connectivity index is 1.90. The third kappa shape index (κ3) is 4.34. The molecule has 0 aromatic rings. The second-order valence-corrected chi connectivity index (χ2v) is 8.34. The number of rotatable bonds is 5. The molecule has 21 heavy (non-hydrogen) atoms. The lowest BCUT2D eigenvalue weighted by molar-refractivity contribution is -0.0716. The molecule has 2 saturated heterocycles. The van der Waals surface area contributed by atoms with Gasteiger partial charge in [0.05, 0.1) is 11.4 Å². The molecule has 2 rings (SSSR count). The van der Waals surface area contributed by atoms with Crippen LogP contribution in [0, 0.1) is 0 Å². The quantitative estimate of drug-likeness (QED) is 0.815. The van der Waals surface area contributed by atoms with Crippen molar-refractivity contribution < 1.29 is 22.3 Å². The van der Waals surface area contributed by atoms with Crippen molar-refractivity contribution in [3.05, 3.63) is 0 Å². The molecule has 0 aromatic heterocycles. The summed E-state index contributed by atoms with van der Waals surface area (Å²) in [6.07, 6.45) is 0.517. The van der Waals surface area contributed by atoms with Gasteiger partial charge in [-0.1, -0.05) is 6.92 Å². The fourth-order valence-electron chi connectivity index (χ4n) is 3.03. The van der Waals surface area contributed by atoms with E-state index in [1.807, 2.05) is 4.90 Å². The molecule has 8 heteroatoms. The van der Waals surface area contributed by atoms with Crippen molar-refractivity contribution in [2.75, 3.05) is 38.5 Å². The van der Waals surface area contributed by atoms with Gasteiger partial charge in [0.25, 0.3) is 5.92 Å². The van der Waals surface area contributed by atoms with Crippen LogP contribution in [0.2, 0.25) is 0 Å². The molecule has 2 aliphatic rings. The first-order valence-corrected chi connectivity index (χ1v) is 9.07. The number of sulfonamides is 1. The van der Waals surface area contributed by atoms with Crippen LogP contribution in [0.3, 0.4) is 0 Å². The van der Waals surface area contributed by atoms with E-state index in [2.05, 4.69) is 0 Å². The molecule has 124 valence electrons. The highest BCUT2D eigenvalue weighted by atomic mass is 32.2. The summed E-state index contributed by atoms with van der Waals surface area (Å²) in [5.74, 6) is -2.52. The number of nitrogens with zero attached hydrogens (tertiary/aromatic N) is 2. The van der Waals surface area contributed by atoms with Gasteiger partial charge < -0.3 is 5.11 Å². The lowest BCUT2D eigenvalue weighted by Gasteiger charge is -2.36. The number of piperidine rings is 1. The molecule has 2 aliphatic heterocycles. The van der Waals surface area contributed by atoms with Gasteiger partial charge in [-0.25, -0.2) is 17.2 Å². The first kappa shape index (κ1) is 17.1. The van der Waals surface area contributed by atoms with Crippen LogP contribution in [0.1, 0.15) is 32.6 Å². The number of alkyl halides is 2. The van der Waals surface area contributed by atoms with Crippen LogP contribution in [-0.4, -0.2) is 72.7 Å². The average molecular weight is 326 g/mol. The molecule has 0 aromatic carbocycles. The van der Waals surface area contributed by atoms with E-state index in [1.165, 1.54) is 4.31 Å². The Bertz CT molecular complexity index is 462. The molecule has 0 spiro atoms. The largest absolute Gasteiger partial charge is 0.387 e. The fourth-order valence-corrected chi connectivity index (χ4v) is 4.61. The van der Waals surface area contributed by atoms with Crippen LogP contribution >= 0.6 is 0 Å². The van der Waals surface area contributed by atoms with Gasteiger partial charge in [-0.3, -0.25) is 4.90 Å². The number of aliphatic hydroxyl groups is 1. The summed E-state index contributed by atoms with van der Waals surface area (Å²) >= 11 is 0. The Morgan fingerprint density at radius 2 is 1.76 bits per heavy atom. The Kier molecular flexibility index (Phi) is 4.92. The van der Waals surface area contributed by atoms with E-state index >= 15 is 0 Å². The molecule has 0 amide bonds. The van der Waals surface area contributed by atoms with Crippen molar-refractivity contribution in [1.82, 2.24) is 9.21 Å². The molecule has 5 nitrogen and oxygen atoms in total. The molecular formula is C13H24F2N2O3S. The molecule has 0 saturated carbocycles. The van der Waals surface area contributed by atoms with Gasteiger partial charge in [0.15, 0.2) is 0 Å². The minimum absolute atomic E-state index is 0.0717. The molecule has 2 heterocycles. The highest BCUT2D eigenvalue weighted by molar-refractivity contribution is 7.89. The predicted molar refractivity (Wildman–Crippen MR) is 75.8 cm³/mol. The number of hydrogen-bond acceptors (Lipinski definition) is 4. The Morgan fingerprint density at radius 3 is 2.33 bits per heavy atom. The summed E-state index contributed by atoms with van der Waals surface area (Å²) in [6, 6.07) is 0. The van der Waals surface area contributed by atoms with Crippen LogP contribution in [0.5, 0.6) is 0 Å². The maximum atomic E-state index is 13.1. The third-order valence-corrected chi connectivity index (χ3v) is 6.28. The summed E-state index contributed by atoms with van der Waals surface area (Å²) < 4.78 is 51.6. The van der Waals surface area contributed by atoms with Crippen molar-refractivity contribution >= 4 is 10.0 Å². The average Bonchev–Trinajstić information content (AvgIpc) is 2.76. The highest BCUT2D eigenvalue weighted by Crippen LogP contribution is 2.30. The molecule has 1 N–H and O–H groups in total. The molecule has 0 aliphatic carbocycles. The maximum Gasteiger partial charge on any atom is 0.250 e. The Labute approximate surface area is 125 Å². The van der Waals surface area contributed by atoms with E-state index in [4.69, 9.17) is 0 Å². The van der Waals surface area contributed by atoms with Crippen LogP contribution in [-0.2, 0) is 10.0 Å².